The van der Waals surface area contributed by atoms with Gasteiger partial charge in [-0.05, 0) is 36.4 Å². The molecule has 2 aromatic heterocycles. The van der Waals surface area contributed by atoms with Gasteiger partial charge in [-0.2, -0.15) is 23.5 Å². The van der Waals surface area contributed by atoms with E-state index in [1.165, 1.54) is 37.4 Å². The first-order valence-corrected chi connectivity index (χ1v) is 11.5. The van der Waals surface area contributed by atoms with Crippen molar-refractivity contribution in [3.63, 3.8) is 0 Å². The van der Waals surface area contributed by atoms with E-state index in [0.717, 1.165) is 17.2 Å². The Kier molecular flexibility index (Phi) is 7.68. The Labute approximate surface area is 222 Å². The maximum atomic E-state index is 14.9. The number of para-hydroxylation sites is 1. The van der Waals surface area contributed by atoms with Crippen LogP contribution in [0, 0.1) is 17.1 Å². The Morgan fingerprint density at radius 3 is 2.64 bits per heavy atom. The van der Waals surface area contributed by atoms with Crippen LogP contribution in [-0.2, 0) is 12.6 Å². The van der Waals surface area contributed by atoms with Crippen molar-refractivity contribution in [2.24, 2.45) is 0 Å². The Morgan fingerprint density at radius 2 is 1.97 bits per heavy atom. The fourth-order valence-electron chi connectivity index (χ4n) is 3.70. The molecule has 2 aromatic carbocycles. The van der Waals surface area contributed by atoms with Crippen molar-refractivity contribution in [3.05, 3.63) is 92.6 Å². The number of hydrogen-bond acceptors (Lipinski definition) is 6. The lowest BCUT2D eigenvalue weighted by Crippen LogP contribution is -2.28. The third-order valence-corrected chi connectivity index (χ3v) is 5.88. The van der Waals surface area contributed by atoms with Crippen LogP contribution in [0.25, 0.3) is 11.1 Å². The monoisotopic (exact) mass is 560 g/mol. The molecule has 0 radical (unpaired) electrons. The number of rotatable bonds is 7. The molecule has 0 aliphatic carbocycles. The average Bonchev–Trinajstić information content (AvgIpc) is 3.32. The smallest absolute Gasteiger partial charge is 0.433 e. The minimum absolute atomic E-state index is 0.00221. The number of H-pyrrole nitrogens is 2. The molecule has 0 fully saturated rings. The van der Waals surface area contributed by atoms with E-state index in [9.17, 15) is 32.4 Å². The molecule has 1 amide bonds. The summed E-state index contributed by atoms with van der Waals surface area (Å²) in [5.74, 6) is -1.09. The molecule has 0 aliphatic rings. The van der Waals surface area contributed by atoms with Crippen molar-refractivity contribution in [1.29, 1.82) is 5.26 Å². The summed E-state index contributed by atoms with van der Waals surface area (Å²) in [6.07, 6.45) is -3.71. The molecule has 0 bridgehead atoms. The number of carbonyl (C=O) groups excluding carboxylic acids is 1. The highest BCUT2D eigenvalue weighted by Crippen LogP contribution is 2.36. The van der Waals surface area contributed by atoms with Gasteiger partial charge in [0.15, 0.2) is 5.82 Å². The van der Waals surface area contributed by atoms with E-state index in [-0.39, 0.29) is 51.7 Å². The zero-order chi connectivity index (χ0) is 28.3. The summed E-state index contributed by atoms with van der Waals surface area (Å²) >= 11 is 6.26. The number of aromatic amines is 2. The predicted molar refractivity (Wildman–Crippen MR) is 132 cm³/mol. The molecule has 0 saturated carbocycles. The second kappa shape index (κ2) is 11.0. The standard InChI is InChI=1S/C25H17ClF4N6O3/c1-36(22-18(27)3-2-4-19(22)39-8-7-21-33-24(38)35-34-21)23(37)13-5-6-17(26)15(9-13)16-12-32-20(25(28,29)30)10-14(16)11-31/h2-6,9-10,12H,7-8H2,1H3,(H2,33,34,35,38). The first-order valence-electron chi connectivity index (χ1n) is 11.1. The molecule has 0 saturated heterocycles. The van der Waals surface area contributed by atoms with Crippen LogP contribution >= 0.6 is 11.6 Å². The van der Waals surface area contributed by atoms with E-state index >= 15 is 0 Å². The first-order chi connectivity index (χ1) is 18.5. The summed E-state index contributed by atoms with van der Waals surface area (Å²) in [6.45, 7) is 0.00221. The highest BCUT2D eigenvalue weighted by atomic mass is 35.5. The van der Waals surface area contributed by atoms with E-state index in [1.54, 1.807) is 6.07 Å². The molecule has 0 unspecified atom stereocenters. The molecule has 200 valence electrons. The number of pyridine rings is 1. The van der Waals surface area contributed by atoms with E-state index < -0.39 is 29.3 Å². The molecule has 0 spiro atoms. The Morgan fingerprint density at radius 1 is 1.21 bits per heavy atom. The van der Waals surface area contributed by atoms with Crippen LogP contribution in [0.4, 0.5) is 23.2 Å². The molecule has 9 nitrogen and oxygen atoms in total. The molecular formula is C25H17ClF4N6O3. The molecule has 2 heterocycles. The summed E-state index contributed by atoms with van der Waals surface area (Å²) in [5.41, 5.74) is -2.19. The van der Waals surface area contributed by atoms with Gasteiger partial charge in [0.25, 0.3) is 5.91 Å². The minimum atomic E-state index is -4.76. The predicted octanol–water partition coefficient (Wildman–Crippen LogP) is 4.74. The Balaban J connectivity index is 1.63. The quantitative estimate of drug-likeness (QED) is 0.314. The number of hydrogen-bond donors (Lipinski definition) is 2. The van der Waals surface area contributed by atoms with Gasteiger partial charge in [-0.15, -0.1) is 0 Å². The number of nitrogens with zero attached hydrogens (tertiary/aromatic N) is 4. The van der Waals surface area contributed by atoms with Crippen LogP contribution in [0.15, 0.2) is 53.5 Å². The number of benzene rings is 2. The van der Waals surface area contributed by atoms with Gasteiger partial charge in [0.2, 0.25) is 0 Å². The van der Waals surface area contributed by atoms with Gasteiger partial charge in [0.05, 0.1) is 18.2 Å². The minimum Gasteiger partial charge on any atom is -0.491 e. The third kappa shape index (κ3) is 5.91. The van der Waals surface area contributed by atoms with Crippen molar-refractivity contribution in [2.45, 2.75) is 12.6 Å². The van der Waals surface area contributed by atoms with Gasteiger partial charge >= 0.3 is 11.9 Å². The van der Waals surface area contributed by atoms with Crippen LogP contribution < -0.4 is 15.3 Å². The maximum absolute atomic E-state index is 14.9. The number of halogens is 5. The van der Waals surface area contributed by atoms with Crippen molar-refractivity contribution >= 4 is 23.2 Å². The zero-order valence-corrected chi connectivity index (χ0v) is 20.7. The Bertz CT molecular complexity index is 1640. The molecule has 39 heavy (non-hydrogen) atoms. The number of anilines is 1. The van der Waals surface area contributed by atoms with Crippen molar-refractivity contribution in [1.82, 2.24) is 20.2 Å². The molecule has 2 N–H and O–H groups in total. The van der Waals surface area contributed by atoms with Crippen LogP contribution in [-0.4, -0.2) is 39.7 Å². The number of carbonyl (C=O) groups is 1. The number of nitriles is 1. The second-order valence-corrected chi connectivity index (χ2v) is 8.50. The highest BCUT2D eigenvalue weighted by molar-refractivity contribution is 6.33. The largest absolute Gasteiger partial charge is 0.491 e. The van der Waals surface area contributed by atoms with Crippen LogP contribution in [0.5, 0.6) is 5.75 Å². The molecule has 4 rings (SSSR count). The van der Waals surface area contributed by atoms with Crippen LogP contribution in [0.2, 0.25) is 5.02 Å². The average molecular weight is 561 g/mol. The van der Waals surface area contributed by atoms with Gasteiger partial charge < -0.3 is 9.64 Å². The fourth-order valence-corrected chi connectivity index (χ4v) is 3.92. The summed E-state index contributed by atoms with van der Waals surface area (Å²) in [7, 11) is 1.31. The van der Waals surface area contributed by atoms with Gasteiger partial charge in [0.1, 0.15) is 23.0 Å². The maximum Gasteiger partial charge on any atom is 0.433 e. The van der Waals surface area contributed by atoms with Crippen molar-refractivity contribution in [3.8, 4) is 22.9 Å². The van der Waals surface area contributed by atoms with Gasteiger partial charge in [0, 0.05) is 41.4 Å². The summed E-state index contributed by atoms with van der Waals surface area (Å²) in [5, 5.41) is 15.5. The topological polar surface area (TPSA) is 128 Å². The summed E-state index contributed by atoms with van der Waals surface area (Å²) in [6, 6.07) is 10.2. The van der Waals surface area contributed by atoms with Gasteiger partial charge in [-0.1, -0.05) is 17.7 Å². The van der Waals surface area contributed by atoms with Gasteiger partial charge in [-0.3, -0.25) is 14.8 Å². The molecule has 14 heteroatoms. The van der Waals surface area contributed by atoms with Crippen molar-refractivity contribution < 1.29 is 27.1 Å². The van der Waals surface area contributed by atoms with Crippen LogP contribution in [0.3, 0.4) is 0 Å². The van der Waals surface area contributed by atoms with E-state index in [4.69, 9.17) is 16.3 Å². The SMILES string of the molecule is CN(C(=O)c1ccc(Cl)c(-c2cnc(C(F)(F)F)cc2C#N)c1)c1c(F)cccc1OCCc1n[nH]c(=O)[nH]1. The number of ether oxygens (including phenoxy) is 1. The zero-order valence-electron chi connectivity index (χ0n) is 19.9. The number of nitrogens with one attached hydrogen (secondary N) is 2. The number of aromatic nitrogens is 4. The second-order valence-electron chi connectivity index (χ2n) is 8.09. The van der Waals surface area contributed by atoms with E-state index in [1.807, 2.05) is 0 Å². The van der Waals surface area contributed by atoms with Gasteiger partial charge in [-0.25, -0.2) is 14.3 Å². The molecule has 0 atom stereocenters. The lowest BCUT2D eigenvalue weighted by atomic mass is 9.99. The number of amides is 1. The molecule has 4 aromatic rings. The summed E-state index contributed by atoms with van der Waals surface area (Å²) < 4.78 is 59.7. The molecule has 0 aliphatic heterocycles. The van der Waals surface area contributed by atoms with E-state index in [0.29, 0.717) is 11.9 Å². The first kappa shape index (κ1) is 27.3. The fraction of sp³-hybridized carbons (Fsp3) is 0.160. The summed E-state index contributed by atoms with van der Waals surface area (Å²) in [4.78, 5) is 31.4. The van der Waals surface area contributed by atoms with E-state index in [2.05, 4.69) is 20.2 Å². The molecular weight excluding hydrogens is 544 g/mol. The number of alkyl halides is 3. The van der Waals surface area contributed by atoms with Crippen molar-refractivity contribution in [2.75, 3.05) is 18.6 Å². The third-order valence-electron chi connectivity index (χ3n) is 5.55. The lowest BCUT2D eigenvalue weighted by molar-refractivity contribution is -0.141. The Hall–Kier alpha value is -4.70. The lowest BCUT2D eigenvalue weighted by Gasteiger charge is -2.22. The van der Waals surface area contributed by atoms with Crippen LogP contribution in [0.1, 0.15) is 27.4 Å². The highest BCUT2D eigenvalue weighted by Gasteiger charge is 2.33. The normalized spacial score (nSPS) is 11.2.